The van der Waals surface area contributed by atoms with Crippen molar-refractivity contribution in [3.05, 3.63) is 38.9 Å². The van der Waals surface area contributed by atoms with Gasteiger partial charge in [-0.05, 0) is 12.1 Å². The third kappa shape index (κ3) is 3.24. The largest absolute Gasteiger partial charge is 0.386 e. The third-order valence-corrected chi connectivity index (χ3v) is 3.37. The van der Waals surface area contributed by atoms with Crippen molar-refractivity contribution in [2.24, 2.45) is 0 Å². The molecular formula is C12H13ClN2O5. The van der Waals surface area contributed by atoms with Crippen LogP contribution in [0.15, 0.2) is 18.2 Å². The summed E-state index contributed by atoms with van der Waals surface area (Å²) in [7, 11) is 0. The fraction of sp³-hybridized carbons (Fsp3) is 0.417. The Morgan fingerprint density at radius 2 is 2.35 bits per heavy atom. The molecule has 1 amide bonds. The highest BCUT2D eigenvalue weighted by Gasteiger charge is 2.32. The first-order chi connectivity index (χ1) is 9.41. The molecule has 0 aliphatic carbocycles. The zero-order chi connectivity index (χ0) is 14.8. The van der Waals surface area contributed by atoms with Gasteiger partial charge in [0.15, 0.2) is 0 Å². The molecule has 1 saturated heterocycles. The number of rotatable bonds is 4. The van der Waals surface area contributed by atoms with E-state index in [1.165, 1.54) is 18.2 Å². The van der Waals surface area contributed by atoms with Crippen LogP contribution >= 0.6 is 11.6 Å². The first kappa shape index (κ1) is 14.7. The normalized spacial score (nSPS) is 21.7. The molecule has 0 saturated carbocycles. The van der Waals surface area contributed by atoms with Gasteiger partial charge < -0.3 is 15.2 Å². The lowest BCUT2D eigenvalue weighted by molar-refractivity contribution is -0.384. The second-order valence-corrected chi connectivity index (χ2v) is 5.04. The number of hydrogen-bond donors (Lipinski definition) is 2. The summed E-state index contributed by atoms with van der Waals surface area (Å²) >= 11 is 5.73. The van der Waals surface area contributed by atoms with Gasteiger partial charge in [-0.2, -0.15) is 0 Å². The predicted octanol–water partition coefficient (Wildman–Crippen LogP) is 1.13. The van der Waals surface area contributed by atoms with Crippen molar-refractivity contribution in [2.45, 2.75) is 12.0 Å². The molecule has 8 heteroatoms. The van der Waals surface area contributed by atoms with Gasteiger partial charge in [0, 0.05) is 31.2 Å². The molecule has 1 aliphatic heterocycles. The average Bonchev–Trinajstić information content (AvgIpc) is 2.83. The van der Waals surface area contributed by atoms with Crippen molar-refractivity contribution in [3.63, 3.8) is 0 Å². The van der Waals surface area contributed by atoms with Crippen LogP contribution in [0.5, 0.6) is 0 Å². The number of nitro groups is 1. The Kier molecular flexibility index (Phi) is 4.22. The van der Waals surface area contributed by atoms with Crippen LogP contribution in [0, 0.1) is 10.1 Å². The van der Waals surface area contributed by atoms with E-state index in [9.17, 15) is 20.0 Å². The molecule has 1 heterocycles. The van der Waals surface area contributed by atoms with E-state index in [4.69, 9.17) is 16.3 Å². The van der Waals surface area contributed by atoms with E-state index in [0.29, 0.717) is 13.0 Å². The van der Waals surface area contributed by atoms with Crippen LogP contribution in [0.4, 0.5) is 5.69 Å². The molecule has 0 radical (unpaired) electrons. The van der Waals surface area contributed by atoms with E-state index in [2.05, 4.69) is 5.32 Å². The maximum absolute atomic E-state index is 11.9. The van der Waals surface area contributed by atoms with E-state index in [0.717, 1.165) is 0 Å². The van der Waals surface area contributed by atoms with Crippen molar-refractivity contribution in [3.8, 4) is 0 Å². The summed E-state index contributed by atoms with van der Waals surface area (Å²) in [5.74, 6) is -0.456. The molecule has 2 rings (SSSR count). The van der Waals surface area contributed by atoms with E-state index in [1.54, 1.807) is 0 Å². The molecule has 0 aromatic heterocycles. The monoisotopic (exact) mass is 300 g/mol. The van der Waals surface area contributed by atoms with Gasteiger partial charge in [-0.25, -0.2) is 0 Å². The molecule has 1 unspecified atom stereocenters. The fourth-order valence-electron chi connectivity index (χ4n) is 1.88. The van der Waals surface area contributed by atoms with E-state index in [-0.39, 0.29) is 29.4 Å². The minimum Gasteiger partial charge on any atom is -0.386 e. The second kappa shape index (κ2) is 5.74. The first-order valence-electron chi connectivity index (χ1n) is 5.94. The molecule has 1 aromatic rings. The van der Waals surface area contributed by atoms with E-state index in [1.807, 2.05) is 0 Å². The van der Waals surface area contributed by atoms with Gasteiger partial charge in [-0.1, -0.05) is 11.6 Å². The van der Waals surface area contributed by atoms with Crippen molar-refractivity contribution in [1.82, 2.24) is 5.32 Å². The van der Waals surface area contributed by atoms with Crippen LogP contribution < -0.4 is 5.32 Å². The maximum Gasteiger partial charge on any atom is 0.287 e. The maximum atomic E-state index is 11.9. The number of carbonyl (C=O) groups excluding carboxylic acids is 1. The van der Waals surface area contributed by atoms with Crippen LogP contribution in [-0.2, 0) is 4.74 Å². The van der Waals surface area contributed by atoms with Crippen molar-refractivity contribution < 1.29 is 19.6 Å². The highest BCUT2D eigenvalue weighted by atomic mass is 35.5. The molecule has 2 N–H and O–H groups in total. The number of halogens is 1. The number of carbonyl (C=O) groups is 1. The summed E-state index contributed by atoms with van der Waals surface area (Å²) in [4.78, 5) is 21.9. The molecule has 1 aliphatic rings. The lowest BCUT2D eigenvalue weighted by Gasteiger charge is -2.20. The number of ether oxygens (including phenoxy) is 1. The number of nitro benzene ring substituents is 1. The lowest BCUT2D eigenvalue weighted by atomic mass is 10.0. The predicted molar refractivity (Wildman–Crippen MR) is 70.8 cm³/mol. The minimum absolute atomic E-state index is 0.0560. The number of aliphatic hydroxyl groups is 1. The van der Waals surface area contributed by atoms with Crippen LogP contribution in [0.1, 0.15) is 16.8 Å². The molecule has 20 heavy (non-hydrogen) atoms. The number of nitrogens with one attached hydrogen (secondary N) is 1. The Hall–Kier alpha value is -1.70. The fourth-order valence-corrected chi connectivity index (χ4v) is 2.13. The molecule has 1 atom stereocenters. The Balaban J connectivity index is 2.02. The summed E-state index contributed by atoms with van der Waals surface area (Å²) in [6.45, 7) is 0.685. The standard InChI is InChI=1S/C12H13ClN2O5/c13-9-5-8(1-2-10(9)15(18)19)11(16)14-6-12(17)3-4-20-7-12/h1-2,5,17H,3-4,6-7H2,(H,14,16). The lowest BCUT2D eigenvalue weighted by Crippen LogP contribution is -2.43. The summed E-state index contributed by atoms with van der Waals surface area (Å²) < 4.78 is 5.06. The van der Waals surface area contributed by atoms with Gasteiger partial charge in [0.1, 0.15) is 10.6 Å². The number of benzene rings is 1. The van der Waals surface area contributed by atoms with Crippen LogP contribution in [0.25, 0.3) is 0 Å². The second-order valence-electron chi connectivity index (χ2n) is 4.63. The van der Waals surface area contributed by atoms with Crippen molar-refractivity contribution in [2.75, 3.05) is 19.8 Å². The van der Waals surface area contributed by atoms with Gasteiger partial charge in [-0.15, -0.1) is 0 Å². The molecular weight excluding hydrogens is 288 g/mol. The third-order valence-electron chi connectivity index (χ3n) is 3.07. The smallest absolute Gasteiger partial charge is 0.287 e. The van der Waals surface area contributed by atoms with Gasteiger partial charge in [0.2, 0.25) is 0 Å². The van der Waals surface area contributed by atoms with E-state index < -0.39 is 16.4 Å². The number of amides is 1. The Labute approximate surface area is 119 Å². The first-order valence-corrected chi connectivity index (χ1v) is 6.31. The quantitative estimate of drug-likeness (QED) is 0.641. The SMILES string of the molecule is O=C(NCC1(O)CCOC1)c1ccc([N+](=O)[O-])c(Cl)c1. The molecule has 1 fully saturated rings. The van der Waals surface area contributed by atoms with Gasteiger partial charge in [0.25, 0.3) is 11.6 Å². The molecule has 0 spiro atoms. The molecule has 0 bridgehead atoms. The highest BCUT2D eigenvalue weighted by molar-refractivity contribution is 6.33. The van der Waals surface area contributed by atoms with Crippen molar-refractivity contribution >= 4 is 23.2 Å². The van der Waals surface area contributed by atoms with Gasteiger partial charge >= 0.3 is 0 Å². The zero-order valence-electron chi connectivity index (χ0n) is 10.5. The summed E-state index contributed by atoms with van der Waals surface area (Å²) in [5.41, 5.74) is -1.12. The number of hydrogen-bond acceptors (Lipinski definition) is 5. The molecule has 7 nitrogen and oxygen atoms in total. The Morgan fingerprint density at radius 1 is 1.60 bits per heavy atom. The summed E-state index contributed by atoms with van der Waals surface area (Å²) in [6, 6.07) is 3.71. The topological polar surface area (TPSA) is 102 Å². The van der Waals surface area contributed by atoms with Crippen molar-refractivity contribution in [1.29, 1.82) is 0 Å². The number of nitrogens with zero attached hydrogens (tertiary/aromatic N) is 1. The molecule has 1 aromatic carbocycles. The van der Waals surface area contributed by atoms with Crippen LogP contribution in [-0.4, -0.2) is 41.3 Å². The Morgan fingerprint density at radius 3 is 2.90 bits per heavy atom. The van der Waals surface area contributed by atoms with E-state index >= 15 is 0 Å². The van der Waals surface area contributed by atoms with Crippen LogP contribution in [0.2, 0.25) is 5.02 Å². The molecule has 108 valence electrons. The zero-order valence-corrected chi connectivity index (χ0v) is 11.2. The van der Waals surface area contributed by atoms with Crippen LogP contribution in [0.3, 0.4) is 0 Å². The minimum atomic E-state index is -1.06. The summed E-state index contributed by atoms with van der Waals surface area (Å²) in [6.07, 6.45) is 0.453. The Bertz CT molecular complexity index is 543. The highest BCUT2D eigenvalue weighted by Crippen LogP contribution is 2.25. The summed E-state index contributed by atoms with van der Waals surface area (Å²) in [5, 5.41) is 23.1. The van der Waals surface area contributed by atoms with Gasteiger partial charge in [-0.3, -0.25) is 14.9 Å². The average molecular weight is 301 g/mol. The van der Waals surface area contributed by atoms with Gasteiger partial charge in [0.05, 0.1) is 11.5 Å².